The first-order chi connectivity index (χ1) is 20.3. The van der Waals surface area contributed by atoms with Gasteiger partial charge in [0.05, 0.1) is 27.8 Å². The predicted molar refractivity (Wildman–Crippen MR) is 164 cm³/mol. The minimum atomic E-state index is 0.788. The molecule has 8 rings (SSSR count). The van der Waals surface area contributed by atoms with E-state index >= 15 is 0 Å². The van der Waals surface area contributed by atoms with E-state index in [4.69, 9.17) is 10.1 Å². The summed E-state index contributed by atoms with van der Waals surface area (Å²) >= 11 is 0. The van der Waals surface area contributed by atoms with Crippen LogP contribution in [0.25, 0.3) is 55.7 Å². The van der Waals surface area contributed by atoms with Crippen LogP contribution in [0.1, 0.15) is 5.56 Å². The molecule has 0 saturated heterocycles. The van der Waals surface area contributed by atoms with Gasteiger partial charge in [-0.1, -0.05) is 102 Å². The number of aromatic nitrogens is 5. The molecule has 41 heavy (non-hydrogen) atoms. The molecular formula is C36H26N5+. The number of benzene rings is 4. The fourth-order valence-corrected chi connectivity index (χ4v) is 5.77. The van der Waals surface area contributed by atoms with Gasteiger partial charge in [0.1, 0.15) is 5.69 Å². The maximum absolute atomic E-state index is 5.29. The van der Waals surface area contributed by atoms with Crippen LogP contribution < -0.4 is 4.40 Å². The van der Waals surface area contributed by atoms with Crippen molar-refractivity contribution in [3.63, 3.8) is 0 Å². The van der Waals surface area contributed by atoms with Crippen LogP contribution in [-0.4, -0.2) is 19.3 Å². The van der Waals surface area contributed by atoms with E-state index in [1.54, 1.807) is 0 Å². The molecule has 8 aromatic rings. The lowest BCUT2D eigenvalue weighted by atomic mass is 10.1. The Morgan fingerprint density at radius 2 is 1.37 bits per heavy atom. The molecule has 4 heterocycles. The molecule has 5 nitrogen and oxygen atoms in total. The second-order valence-corrected chi connectivity index (χ2v) is 10.3. The molecule has 0 atom stereocenters. The maximum Gasteiger partial charge on any atom is 0.316 e. The average Bonchev–Trinajstić information content (AvgIpc) is 3.61. The molecule has 0 saturated carbocycles. The summed E-state index contributed by atoms with van der Waals surface area (Å²) in [6.45, 7) is 0.788. The van der Waals surface area contributed by atoms with E-state index in [0.717, 1.165) is 51.3 Å². The molecule has 0 N–H and O–H groups in total. The SMILES string of the molecule is c1ccc(Cn2cc(-c3nn(-c4ccccc4)c4c5cc(-c6ccccc6)cnc5cc[n+]34)c3ccccc32)cc1. The van der Waals surface area contributed by atoms with Gasteiger partial charge < -0.3 is 4.57 Å². The third kappa shape index (κ3) is 3.98. The summed E-state index contributed by atoms with van der Waals surface area (Å²) in [6, 6.07) is 44.2. The van der Waals surface area contributed by atoms with Crippen molar-refractivity contribution in [2.75, 3.05) is 0 Å². The fraction of sp³-hybridized carbons (Fsp3) is 0.0278. The van der Waals surface area contributed by atoms with Crippen molar-refractivity contribution in [1.82, 2.24) is 19.3 Å². The van der Waals surface area contributed by atoms with Crippen molar-refractivity contribution in [1.29, 1.82) is 0 Å². The van der Waals surface area contributed by atoms with Gasteiger partial charge in [0, 0.05) is 35.4 Å². The summed E-state index contributed by atoms with van der Waals surface area (Å²) in [5.74, 6) is 0.888. The van der Waals surface area contributed by atoms with Crippen LogP contribution in [0.5, 0.6) is 0 Å². The summed E-state index contributed by atoms with van der Waals surface area (Å²) in [6.07, 6.45) is 6.29. The molecule has 194 valence electrons. The molecule has 4 aromatic carbocycles. The Kier molecular flexibility index (Phi) is 5.45. The van der Waals surface area contributed by atoms with Crippen molar-refractivity contribution in [3.05, 3.63) is 152 Å². The molecule has 0 spiro atoms. The number of pyridine rings is 2. The van der Waals surface area contributed by atoms with Crippen molar-refractivity contribution >= 4 is 27.5 Å². The summed E-state index contributed by atoms with van der Waals surface area (Å²) in [4.78, 5) is 4.87. The second kappa shape index (κ2) is 9.57. The Morgan fingerprint density at radius 3 is 2.17 bits per heavy atom. The Hall–Kier alpha value is -5.55. The van der Waals surface area contributed by atoms with Crippen LogP contribution in [-0.2, 0) is 6.54 Å². The highest BCUT2D eigenvalue weighted by atomic mass is 15.4. The van der Waals surface area contributed by atoms with Crippen molar-refractivity contribution in [2.24, 2.45) is 0 Å². The lowest BCUT2D eigenvalue weighted by molar-refractivity contribution is -0.498. The van der Waals surface area contributed by atoms with Gasteiger partial charge in [-0.3, -0.25) is 4.98 Å². The molecular weight excluding hydrogens is 502 g/mol. The minimum Gasteiger partial charge on any atom is -0.342 e. The van der Waals surface area contributed by atoms with Gasteiger partial charge in [-0.05, 0) is 41.5 Å². The molecule has 0 aliphatic rings. The van der Waals surface area contributed by atoms with Crippen molar-refractivity contribution in [2.45, 2.75) is 6.54 Å². The van der Waals surface area contributed by atoms with Crippen molar-refractivity contribution < 1.29 is 4.40 Å². The number of para-hydroxylation sites is 2. The summed E-state index contributed by atoms with van der Waals surface area (Å²) in [7, 11) is 0. The number of fused-ring (bicyclic) bond motifs is 4. The van der Waals surface area contributed by atoms with Crippen molar-refractivity contribution in [3.8, 4) is 28.2 Å². The third-order valence-electron chi connectivity index (χ3n) is 7.73. The van der Waals surface area contributed by atoms with Gasteiger partial charge >= 0.3 is 5.82 Å². The Morgan fingerprint density at radius 1 is 0.659 bits per heavy atom. The van der Waals surface area contributed by atoms with Gasteiger partial charge in [0.15, 0.2) is 0 Å². The van der Waals surface area contributed by atoms with E-state index in [1.807, 2.05) is 18.3 Å². The topological polar surface area (TPSA) is 39.7 Å². The average molecular weight is 529 g/mol. The monoisotopic (exact) mass is 528 g/mol. The molecule has 4 aromatic heterocycles. The molecule has 0 unspecified atom stereocenters. The summed E-state index contributed by atoms with van der Waals surface area (Å²) < 4.78 is 6.59. The van der Waals surface area contributed by atoms with E-state index in [1.165, 1.54) is 16.5 Å². The standard InChI is InChI=1S/C36H26N5/c1-4-12-26(13-5-1)24-39-25-32(30-18-10-11-19-34(30)39)35-38-41(29-16-8-3-9-17-29)36-31-22-28(27-14-6-2-7-15-27)23-37-33(31)20-21-40(35)36/h1-23,25H,24H2/q+1. The van der Waals surface area contributed by atoms with Crippen LogP contribution in [0, 0.1) is 0 Å². The summed E-state index contributed by atoms with van der Waals surface area (Å²) in [5.41, 5.74) is 8.66. The molecule has 0 fully saturated rings. The van der Waals surface area contributed by atoms with Gasteiger partial charge in [-0.2, -0.15) is 4.40 Å². The molecule has 0 bridgehead atoms. The van der Waals surface area contributed by atoms with E-state index in [2.05, 4.69) is 141 Å². The lowest BCUT2D eigenvalue weighted by Crippen LogP contribution is -2.22. The van der Waals surface area contributed by atoms with Gasteiger partial charge in [0.2, 0.25) is 0 Å². The van der Waals surface area contributed by atoms with Crippen LogP contribution in [0.15, 0.2) is 146 Å². The Labute approximate surface area is 237 Å². The lowest BCUT2D eigenvalue weighted by Gasteiger charge is -2.05. The highest BCUT2D eigenvalue weighted by Crippen LogP contribution is 2.31. The maximum atomic E-state index is 5.29. The molecule has 5 heteroatoms. The van der Waals surface area contributed by atoms with Crippen LogP contribution in [0.2, 0.25) is 0 Å². The first-order valence-corrected chi connectivity index (χ1v) is 13.8. The summed E-state index contributed by atoms with van der Waals surface area (Å²) in [5, 5.41) is 7.51. The fourth-order valence-electron chi connectivity index (χ4n) is 5.77. The minimum absolute atomic E-state index is 0.788. The molecule has 0 amide bonds. The van der Waals surface area contributed by atoms with Crippen LogP contribution in [0.4, 0.5) is 0 Å². The Bertz CT molecular complexity index is 2160. The number of nitrogens with zero attached hydrogens (tertiary/aromatic N) is 5. The Balaban J connectivity index is 1.41. The highest BCUT2D eigenvalue weighted by molar-refractivity contribution is 5.96. The zero-order valence-electron chi connectivity index (χ0n) is 22.3. The predicted octanol–water partition coefficient (Wildman–Crippen LogP) is 7.50. The third-order valence-corrected chi connectivity index (χ3v) is 7.73. The molecule has 0 radical (unpaired) electrons. The van der Waals surface area contributed by atoms with Gasteiger partial charge in [0.25, 0.3) is 5.65 Å². The van der Waals surface area contributed by atoms with Crippen LogP contribution in [0.3, 0.4) is 0 Å². The quantitative estimate of drug-likeness (QED) is 0.217. The van der Waals surface area contributed by atoms with E-state index < -0.39 is 0 Å². The number of rotatable bonds is 5. The number of hydrogen-bond donors (Lipinski definition) is 0. The largest absolute Gasteiger partial charge is 0.342 e. The normalized spacial score (nSPS) is 11.5. The van der Waals surface area contributed by atoms with Crippen LogP contribution >= 0.6 is 0 Å². The zero-order chi connectivity index (χ0) is 27.2. The van der Waals surface area contributed by atoms with Gasteiger partial charge in [-0.15, -0.1) is 0 Å². The number of hydrogen-bond acceptors (Lipinski definition) is 2. The van der Waals surface area contributed by atoms with Gasteiger partial charge in [-0.25, -0.2) is 0 Å². The first kappa shape index (κ1) is 23.3. The smallest absolute Gasteiger partial charge is 0.316 e. The highest BCUT2D eigenvalue weighted by Gasteiger charge is 2.28. The molecule has 0 aliphatic heterocycles. The van der Waals surface area contributed by atoms with E-state index in [9.17, 15) is 0 Å². The zero-order valence-corrected chi connectivity index (χ0v) is 22.3. The van der Waals surface area contributed by atoms with E-state index in [-0.39, 0.29) is 0 Å². The molecule has 0 aliphatic carbocycles. The van der Waals surface area contributed by atoms with E-state index in [0.29, 0.717) is 0 Å². The first-order valence-electron chi connectivity index (χ1n) is 13.8. The second-order valence-electron chi connectivity index (χ2n) is 10.3.